The van der Waals surface area contributed by atoms with Crippen LogP contribution in [-0.4, -0.2) is 29.1 Å². The fourth-order valence-corrected chi connectivity index (χ4v) is 1.76. The molecule has 14 heavy (non-hydrogen) atoms. The molecule has 1 saturated heterocycles. The number of carboxylic acids is 1. The van der Waals surface area contributed by atoms with E-state index in [-0.39, 0.29) is 5.76 Å². The quantitative estimate of drug-likeness (QED) is 0.792. The van der Waals surface area contributed by atoms with Crippen LogP contribution < -0.4 is 0 Å². The first-order valence-electron chi connectivity index (χ1n) is 4.69. The fraction of sp³-hybridized carbons (Fsp3) is 0.500. The van der Waals surface area contributed by atoms with Gasteiger partial charge in [0.05, 0.1) is 6.54 Å². The Morgan fingerprint density at radius 1 is 1.64 bits per heavy atom. The molecule has 0 bridgehead atoms. The topological polar surface area (TPSA) is 53.7 Å². The monoisotopic (exact) mass is 195 g/mol. The summed E-state index contributed by atoms with van der Waals surface area (Å²) in [4.78, 5) is 12.8. The van der Waals surface area contributed by atoms with Crippen LogP contribution in [0.2, 0.25) is 0 Å². The molecule has 1 aliphatic rings. The number of carbonyl (C=O) groups is 1. The minimum atomic E-state index is -1.01. The molecule has 4 nitrogen and oxygen atoms in total. The number of hydrogen-bond acceptors (Lipinski definition) is 3. The Labute approximate surface area is 82.1 Å². The van der Waals surface area contributed by atoms with E-state index in [1.807, 2.05) is 0 Å². The van der Waals surface area contributed by atoms with Crippen LogP contribution in [0.15, 0.2) is 16.5 Å². The highest BCUT2D eigenvalue weighted by Gasteiger charge is 2.23. The van der Waals surface area contributed by atoms with Crippen molar-refractivity contribution >= 4 is 5.97 Å². The van der Waals surface area contributed by atoms with Crippen LogP contribution in [0, 0.1) is 5.92 Å². The number of furan rings is 1. The van der Waals surface area contributed by atoms with Gasteiger partial charge in [0.15, 0.2) is 0 Å². The van der Waals surface area contributed by atoms with Crippen molar-refractivity contribution in [1.82, 2.24) is 4.90 Å². The second kappa shape index (κ2) is 3.46. The van der Waals surface area contributed by atoms with Gasteiger partial charge in [0.2, 0.25) is 5.76 Å². The Morgan fingerprint density at radius 3 is 2.86 bits per heavy atom. The SMILES string of the molecule is CC1CN(Cc2ccc(C(=O)O)o2)C1. The van der Waals surface area contributed by atoms with Gasteiger partial charge in [-0.15, -0.1) is 0 Å². The highest BCUT2D eigenvalue weighted by atomic mass is 16.4. The van der Waals surface area contributed by atoms with Gasteiger partial charge in [0.1, 0.15) is 5.76 Å². The van der Waals surface area contributed by atoms with Crippen LogP contribution >= 0.6 is 0 Å². The van der Waals surface area contributed by atoms with Gasteiger partial charge in [-0.2, -0.15) is 0 Å². The number of nitrogens with zero attached hydrogens (tertiary/aromatic N) is 1. The molecular weight excluding hydrogens is 182 g/mol. The number of carboxylic acid groups (broad SMARTS) is 1. The largest absolute Gasteiger partial charge is 0.475 e. The zero-order valence-electron chi connectivity index (χ0n) is 8.06. The van der Waals surface area contributed by atoms with Crippen molar-refractivity contribution in [3.8, 4) is 0 Å². The van der Waals surface area contributed by atoms with E-state index in [1.165, 1.54) is 6.07 Å². The molecule has 1 fully saturated rings. The number of likely N-dealkylation sites (tertiary alicyclic amines) is 1. The maximum Gasteiger partial charge on any atom is 0.371 e. The standard InChI is InChI=1S/C10H13NO3/c1-7-4-11(5-7)6-8-2-3-9(14-8)10(12)13/h2-3,7H,4-6H2,1H3,(H,12,13). The van der Waals surface area contributed by atoms with Gasteiger partial charge in [-0.1, -0.05) is 6.92 Å². The lowest BCUT2D eigenvalue weighted by atomic mass is 10.0. The Balaban J connectivity index is 1.93. The summed E-state index contributed by atoms with van der Waals surface area (Å²) in [6.45, 7) is 5.06. The van der Waals surface area contributed by atoms with E-state index in [2.05, 4.69) is 11.8 Å². The van der Waals surface area contributed by atoms with Crippen LogP contribution in [0.1, 0.15) is 23.2 Å². The van der Waals surface area contributed by atoms with E-state index in [0.29, 0.717) is 0 Å². The molecule has 1 aromatic rings. The number of hydrogen-bond donors (Lipinski definition) is 1. The molecule has 0 amide bonds. The second-order valence-corrected chi connectivity index (χ2v) is 3.87. The summed E-state index contributed by atoms with van der Waals surface area (Å²) in [6.07, 6.45) is 0. The number of aromatic carboxylic acids is 1. The maximum atomic E-state index is 10.5. The van der Waals surface area contributed by atoms with Gasteiger partial charge in [0, 0.05) is 13.1 Å². The summed E-state index contributed by atoms with van der Waals surface area (Å²) in [5, 5.41) is 8.64. The third-order valence-corrected chi connectivity index (χ3v) is 2.39. The zero-order valence-corrected chi connectivity index (χ0v) is 8.06. The average molecular weight is 195 g/mol. The highest BCUT2D eigenvalue weighted by molar-refractivity contribution is 5.84. The highest BCUT2D eigenvalue weighted by Crippen LogP contribution is 2.18. The van der Waals surface area contributed by atoms with Crippen molar-refractivity contribution in [2.75, 3.05) is 13.1 Å². The van der Waals surface area contributed by atoms with Crippen molar-refractivity contribution < 1.29 is 14.3 Å². The van der Waals surface area contributed by atoms with E-state index in [1.54, 1.807) is 6.07 Å². The van der Waals surface area contributed by atoms with Gasteiger partial charge >= 0.3 is 5.97 Å². The average Bonchev–Trinajstić information content (AvgIpc) is 2.50. The van der Waals surface area contributed by atoms with Crippen molar-refractivity contribution in [2.45, 2.75) is 13.5 Å². The summed E-state index contributed by atoms with van der Waals surface area (Å²) in [6, 6.07) is 3.23. The fourth-order valence-electron chi connectivity index (χ4n) is 1.76. The minimum Gasteiger partial charge on any atom is -0.475 e. The summed E-state index contributed by atoms with van der Waals surface area (Å²) < 4.78 is 5.15. The van der Waals surface area contributed by atoms with Crippen LogP contribution in [0.4, 0.5) is 0 Å². The third kappa shape index (κ3) is 1.80. The first kappa shape index (κ1) is 9.27. The van der Waals surface area contributed by atoms with Crippen LogP contribution in [-0.2, 0) is 6.54 Å². The molecule has 1 aliphatic heterocycles. The third-order valence-electron chi connectivity index (χ3n) is 2.39. The molecule has 2 rings (SSSR count). The lowest BCUT2D eigenvalue weighted by Crippen LogP contribution is -2.44. The van der Waals surface area contributed by atoms with Crippen LogP contribution in [0.25, 0.3) is 0 Å². The van der Waals surface area contributed by atoms with Crippen molar-refractivity contribution in [1.29, 1.82) is 0 Å². The minimum absolute atomic E-state index is 0.0218. The van der Waals surface area contributed by atoms with Crippen molar-refractivity contribution in [2.24, 2.45) is 5.92 Å². The molecule has 0 unspecified atom stereocenters. The molecule has 1 aromatic heterocycles. The van der Waals surface area contributed by atoms with Gasteiger partial charge in [-0.25, -0.2) is 4.79 Å². The molecule has 1 N–H and O–H groups in total. The molecule has 76 valence electrons. The Kier molecular flexibility index (Phi) is 2.29. The van der Waals surface area contributed by atoms with Gasteiger partial charge in [-0.3, -0.25) is 4.90 Å². The van der Waals surface area contributed by atoms with Gasteiger partial charge in [0.25, 0.3) is 0 Å². The molecule has 0 atom stereocenters. The van der Waals surface area contributed by atoms with Crippen molar-refractivity contribution in [3.05, 3.63) is 23.7 Å². The van der Waals surface area contributed by atoms with E-state index < -0.39 is 5.97 Å². The molecular formula is C10H13NO3. The van der Waals surface area contributed by atoms with Gasteiger partial charge < -0.3 is 9.52 Å². The van der Waals surface area contributed by atoms with E-state index in [4.69, 9.17) is 9.52 Å². The van der Waals surface area contributed by atoms with E-state index in [9.17, 15) is 4.79 Å². The normalized spacial score (nSPS) is 18.1. The molecule has 4 heteroatoms. The lowest BCUT2D eigenvalue weighted by Gasteiger charge is -2.36. The lowest BCUT2D eigenvalue weighted by molar-refractivity contribution is 0.0648. The molecule has 0 aliphatic carbocycles. The summed E-state index contributed by atoms with van der Waals surface area (Å²) in [7, 11) is 0. The van der Waals surface area contributed by atoms with Gasteiger partial charge in [-0.05, 0) is 18.1 Å². The van der Waals surface area contributed by atoms with E-state index >= 15 is 0 Å². The maximum absolute atomic E-state index is 10.5. The summed E-state index contributed by atoms with van der Waals surface area (Å²) >= 11 is 0. The van der Waals surface area contributed by atoms with Crippen molar-refractivity contribution in [3.63, 3.8) is 0 Å². The molecule has 0 saturated carbocycles. The Morgan fingerprint density at radius 2 is 2.36 bits per heavy atom. The molecule has 0 aromatic carbocycles. The van der Waals surface area contributed by atoms with Crippen LogP contribution in [0.5, 0.6) is 0 Å². The Bertz CT molecular complexity index is 339. The smallest absolute Gasteiger partial charge is 0.371 e. The number of rotatable bonds is 3. The summed E-state index contributed by atoms with van der Waals surface area (Å²) in [5.74, 6) is 0.500. The first-order chi connectivity index (χ1) is 6.65. The predicted molar refractivity (Wildman–Crippen MR) is 50.1 cm³/mol. The predicted octanol–water partition coefficient (Wildman–Crippen LogP) is 1.43. The molecule has 0 radical (unpaired) electrons. The molecule has 2 heterocycles. The summed E-state index contributed by atoms with van der Waals surface area (Å²) in [5.41, 5.74) is 0. The van der Waals surface area contributed by atoms with Crippen LogP contribution in [0.3, 0.4) is 0 Å². The second-order valence-electron chi connectivity index (χ2n) is 3.87. The Hall–Kier alpha value is -1.29. The zero-order chi connectivity index (χ0) is 10.1. The van der Waals surface area contributed by atoms with E-state index in [0.717, 1.165) is 31.3 Å². The first-order valence-corrected chi connectivity index (χ1v) is 4.69. The molecule has 0 spiro atoms.